The van der Waals surface area contributed by atoms with Crippen LogP contribution in [0.3, 0.4) is 0 Å². The second-order valence-corrected chi connectivity index (χ2v) is 7.19. The van der Waals surface area contributed by atoms with Crippen LogP contribution in [0, 0.1) is 11.6 Å². The molecule has 0 saturated carbocycles. The molecule has 0 radical (unpaired) electrons. The molecule has 0 aromatic heterocycles. The number of nitrogens with one attached hydrogen (secondary N) is 1. The molecule has 2 N–H and O–H groups in total. The van der Waals surface area contributed by atoms with E-state index in [0.29, 0.717) is 41.4 Å². The van der Waals surface area contributed by atoms with Gasteiger partial charge < -0.3 is 10.5 Å². The minimum absolute atomic E-state index is 0.000459. The standard InChI is InChI=1S/C20H20ClF2N3O/c1-11(2)24-10-13-9-15-14(4-6-18(23)20(15)25-13)19(26-27)8-12-3-5-17(22)16(21)7-12/h3-7,11,24,27H,8-10H2,1-2H3/b26-19+. The van der Waals surface area contributed by atoms with E-state index in [1.807, 2.05) is 13.8 Å². The highest BCUT2D eigenvalue weighted by Gasteiger charge is 2.24. The van der Waals surface area contributed by atoms with Crippen molar-refractivity contribution in [3.63, 3.8) is 0 Å². The van der Waals surface area contributed by atoms with Crippen molar-refractivity contribution in [2.75, 3.05) is 6.54 Å². The zero-order valence-corrected chi connectivity index (χ0v) is 15.8. The normalized spacial score (nSPS) is 13.9. The summed E-state index contributed by atoms with van der Waals surface area (Å²) in [4.78, 5) is 4.41. The maximum atomic E-state index is 14.2. The van der Waals surface area contributed by atoms with Gasteiger partial charge in [0.25, 0.3) is 0 Å². The first-order valence-electron chi connectivity index (χ1n) is 8.65. The molecule has 0 fully saturated rings. The second-order valence-electron chi connectivity index (χ2n) is 6.78. The van der Waals surface area contributed by atoms with Gasteiger partial charge in [0.05, 0.1) is 10.7 Å². The van der Waals surface area contributed by atoms with Gasteiger partial charge in [-0.15, -0.1) is 0 Å². The molecule has 0 atom stereocenters. The Kier molecular flexibility index (Phi) is 5.87. The van der Waals surface area contributed by atoms with E-state index in [4.69, 9.17) is 11.6 Å². The first-order valence-corrected chi connectivity index (χ1v) is 9.03. The topological polar surface area (TPSA) is 57.0 Å². The maximum Gasteiger partial charge on any atom is 0.149 e. The molecule has 1 aliphatic heterocycles. The van der Waals surface area contributed by atoms with Gasteiger partial charge in [-0.05, 0) is 35.4 Å². The number of aliphatic imine (C=N–C) groups is 1. The molecule has 0 unspecified atom stereocenters. The summed E-state index contributed by atoms with van der Waals surface area (Å²) in [6.45, 7) is 4.61. The van der Waals surface area contributed by atoms with Crippen LogP contribution >= 0.6 is 11.6 Å². The largest absolute Gasteiger partial charge is 0.411 e. The molecule has 2 aromatic rings. The number of oxime groups is 1. The first kappa shape index (κ1) is 19.5. The molecule has 3 rings (SSSR count). The van der Waals surface area contributed by atoms with Gasteiger partial charge in [0.1, 0.15) is 17.3 Å². The Hall–Kier alpha value is -2.31. The highest BCUT2D eigenvalue weighted by Crippen LogP contribution is 2.33. The van der Waals surface area contributed by atoms with Gasteiger partial charge in [-0.2, -0.15) is 0 Å². The van der Waals surface area contributed by atoms with Gasteiger partial charge in [-0.3, -0.25) is 4.99 Å². The molecule has 7 heteroatoms. The van der Waals surface area contributed by atoms with E-state index in [1.54, 1.807) is 12.1 Å². The molecule has 0 amide bonds. The fourth-order valence-electron chi connectivity index (χ4n) is 3.03. The fraction of sp³-hybridized carbons (Fsp3) is 0.300. The van der Waals surface area contributed by atoms with Crippen molar-refractivity contribution < 1.29 is 14.0 Å². The van der Waals surface area contributed by atoms with E-state index < -0.39 is 11.6 Å². The number of rotatable bonds is 6. The number of nitrogens with zero attached hydrogens (tertiary/aromatic N) is 2. The van der Waals surface area contributed by atoms with Crippen LogP contribution in [0.15, 0.2) is 40.5 Å². The summed E-state index contributed by atoms with van der Waals surface area (Å²) in [5.41, 5.74) is 3.46. The van der Waals surface area contributed by atoms with Gasteiger partial charge in [-0.1, -0.05) is 36.7 Å². The van der Waals surface area contributed by atoms with Crippen LogP contribution in [0.25, 0.3) is 0 Å². The number of halogens is 3. The molecule has 0 bridgehead atoms. The summed E-state index contributed by atoms with van der Waals surface area (Å²) in [5.74, 6) is -0.920. The lowest BCUT2D eigenvalue weighted by atomic mass is 9.95. The minimum Gasteiger partial charge on any atom is -0.411 e. The fourth-order valence-corrected chi connectivity index (χ4v) is 3.23. The van der Waals surface area contributed by atoms with Crippen LogP contribution in [0.2, 0.25) is 5.02 Å². The summed E-state index contributed by atoms with van der Waals surface area (Å²) < 4.78 is 27.6. The first-order chi connectivity index (χ1) is 12.9. The molecule has 2 aromatic carbocycles. The van der Waals surface area contributed by atoms with Gasteiger partial charge in [0.2, 0.25) is 0 Å². The summed E-state index contributed by atoms with van der Waals surface area (Å²) in [7, 11) is 0. The summed E-state index contributed by atoms with van der Waals surface area (Å²) in [6.07, 6.45) is 0.708. The lowest BCUT2D eigenvalue weighted by Crippen LogP contribution is -2.29. The predicted octanol–water partition coefficient (Wildman–Crippen LogP) is 4.67. The van der Waals surface area contributed by atoms with E-state index in [2.05, 4.69) is 15.5 Å². The smallest absolute Gasteiger partial charge is 0.149 e. The quantitative estimate of drug-likeness (QED) is 0.427. The van der Waals surface area contributed by atoms with E-state index in [-0.39, 0.29) is 17.1 Å². The molecule has 27 heavy (non-hydrogen) atoms. The minimum atomic E-state index is -0.513. The van der Waals surface area contributed by atoms with E-state index in [0.717, 1.165) is 5.71 Å². The van der Waals surface area contributed by atoms with Gasteiger partial charge >= 0.3 is 0 Å². The molecule has 0 aliphatic carbocycles. The third kappa shape index (κ3) is 4.34. The number of benzene rings is 2. The average Bonchev–Trinajstić information content (AvgIpc) is 3.07. The number of hydrogen-bond donors (Lipinski definition) is 2. The van der Waals surface area contributed by atoms with Gasteiger partial charge in [0, 0.05) is 36.7 Å². The molecule has 142 valence electrons. The zero-order chi connectivity index (χ0) is 19.6. The Morgan fingerprint density at radius 2 is 2.00 bits per heavy atom. The van der Waals surface area contributed by atoms with E-state index >= 15 is 0 Å². The summed E-state index contributed by atoms with van der Waals surface area (Å²) >= 11 is 5.83. The molecule has 1 aliphatic rings. The Bertz CT molecular complexity index is 926. The van der Waals surface area contributed by atoms with E-state index in [1.165, 1.54) is 18.2 Å². The van der Waals surface area contributed by atoms with Gasteiger partial charge in [0.15, 0.2) is 0 Å². The maximum absolute atomic E-state index is 14.2. The van der Waals surface area contributed by atoms with Crippen molar-refractivity contribution in [1.82, 2.24) is 5.32 Å². The van der Waals surface area contributed by atoms with Gasteiger partial charge in [-0.25, -0.2) is 8.78 Å². The predicted molar refractivity (Wildman–Crippen MR) is 104 cm³/mol. The van der Waals surface area contributed by atoms with Crippen molar-refractivity contribution in [1.29, 1.82) is 0 Å². The summed E-state index contributed by atoms with van der Waals surface area (Å²) in [5, 5.41) is 16.2. The van der Waals surface area contributed by atoms with Crippen molar-refractivity contribution >= 4 is 28.7 Å². The van der Waals surface area contributed by atoms with Crippen molar-refractivity contribution in [2.45, 2.75) is 32.7 Å². The lowest BCUT2D eigenvalue weighted by Gasteiger charge is -2.11. The molecular weight excluding hydrogens is 372 g/mol. The van der Waals surface area contributed by atoms with Crippen molar-refractivity contribution in [3.05, 3.63) is 63.7 Å². The Morgan fingerprint density at radius 1 is 1.26 bits per heavy atom. The summed E-state index contributed by atoms with van der Waals surface area (Å²) in [6, 6.07) is 7.52. The molecule has 0 saturated heterocycles. The number of hydrogen-bond acceptors (Lipinski definition) is 4. The average molecular weight is 392 g/mol. The second kappa shape index (κ2) is 8.15. The SMILES string of the molecule is CC(C)NCC1=Nc2c(F)ccc(/C(Cc3ccc(F)c(Cl)c3)=N/O)c2C1. The van der Waals surface area contributed by atoms with Crippen LogP contribution in [0.4, 0.5) is 14.5 Å². The highest BCUT2D eigenvalue weighted by molar-refractivity contribution is 6.30. The van der Waals surface area contributed by atoms with Crippen LogP contribution in [0.5, 0.6) is 0 Å². The van der Waals surface area contributed by atoms with Crippen LogP contribution in [0.1, 0.15) is 30.5 Å². The highest BCUT2D eigenvalue weighted by atomic mass is 35.5. The Morgan fingerprint density at radius 3 is 2.67 bits per heavy atom. The molecule has 0 spiro atoms. The zero-order valence-electron chi connectivity index (χ0n) is 15.1. The van der Waals surface area contributed by atoms with Crippen molar-refractivity contribution in [3.8, 4) is 0 Å². The Balaban J connectivity index is 1.88. The molecule has 4 nitrogen and oxygen atoms in total. The molecule has 1 heterocycles. The number of fused-ring (bicyclic) bond motifs is 1. The van der Waals surface area contributed by atoms with E-state index in [9.17, 15) is 14.0 Å². The third-order valence-corrected chi connectivity index (χ3v) is 4.68. The van der Waals surface area contributed by atoms with Crippen molar-refractivity contribution in [2.24, 2.45) is 10.1 Å². The molecular formula is C20H20ClF2N3O. The third-order valence-electron chi connectivity index (χ3n) is 4.39. The lowest BCUT2D eigenvalue weighted by molar-refractivity contribution is 0.318. The monoisotopic (exact) mass is 391 g/mol. The Labute approximate surface area is 161 Å². The van der Waals surface area contributed by atoms with Crippen LogP contribution in [-0.2, 0) is 12.8 Å². The van der Waals surface area contributed by atoms with Crippen LogP contribution in [-0.4, -0.2) is 29.2 Å². The van der Waals surface area contributed by atoms with Crippen LogP contribution < -0.4 is 5.32 Å².